The third-order valence-corrected chi connectivity index (χ3v) is 6.25. The summed E-state index contributed by atoms with van der Waals surface area (Å²) in [6, 6.07) is 4.49. The SMILES string of the molecule is CCOCCN1C(=O)N(CC(=O)NCc2ccc(Cl)cc2Cl)C(=O)C2CCCCC21. The number of carbonyl (C=O) groups excluding carboxylic acids is 3. The standard InChI is InChI=1S/C21H27Cl2N3O4/c1-2-30-10-9-25-18-6-4-3-5-16(18)20(28)26(21(25)29)13-19(27)24-12-14-7-8-15(22)11-17(14)23/h7-8,11,16,18H,2-6,9-10,12-13H2,1H3,(H,24,27). The van der Waals surface area contributed by atoms with Gasteiger partial charge in [0.05, 0.1) is 12.5 Å². The molecule has 1 saturated carbocycles. The zero-order valence-corrected chi connectivity index (χ0v) is 18.5. The first-order valence-electron chi connectivity index (χ1n) is 10.3. The highest BCUT2D eigenvalue weighted by Crippen LogP contribution is 2.34. The minimum absolute atomic E-state index is 0.105. The second kappa shape index (κ2) is 10.5. The molecule has 1 aliphatic heterocycles. The molecule has 3 rings (SSSR count). The fraction of sp³-hybridized carbons (Fsp3) is 0.571. The Morgan fingerprint density at radius 1 is 1.23 bits per heavy atom. The Hall–Kier alpha value is -1.83. The van der Waals surface area contributed by atoms with E-state index >= 15 is 0 Å². The van der Waals surface area contributed by atoms with Crippen LogP contribution in [0.1, 0.15) is 38.2 Å². The van der Waals surface area contributed by atoms with Gasteiger partial charge in [-0.1, -0.05) is 42.1 Å². The molecule has 7 nitrogen and oxygen atoms in total. The number of benzene rings is 1. The predicted octanol–water partition coefficient (Wildman–Crippen LogP) is 3.47. The lowest BCUT2D eigenvalue weighted by Crippen LogP contribution is -2.64. The van der Waals surface area contributed by atoms with Gasteiger partial charge in [-0.3, -0.25) is 14.5 Å². The largest absolute Gasteiger partial charge is 0.380 e. The Morgan fingerprint density at radius 2 is 2.00 bits per heavy atom. The summed E-state index contributed by atoms with van der Waals surface area (Å²) < 4.78 is 5.42. The van der Waals surface area contributed by atoms with Gasteiger partial charge in [0.2, 0.25) is 11.8 Å². The summed E-state index contributed by atoms with van der Waals surface area (Å²) in [5.74, 6) is -0.921. The molecule has 1 saturated heterocycles. The monoisotopic (exact) mass is 455 g/mol. The molecular weight excluding hydrogens is 429 g/mol. The Morgan fingerprint density at radius 3 is 2.73 bits per heavy atom. The number of carbonyl (C=O) groups is 3. The van der Waals surface area contributed by atoms with Crippen molar-refractivity contribution in [2.24, 2.45) is 5.92 Å². The number of urea groups is 1. The van der Waals surface area contributed by atoms with Crippen molar-refractivity contribution in [2.45, 2.75) is 45.2 Å². The van der Waals surface area contributed by atoms with Crippen molar-refractivity contribution in [3.8, 4) is 0 Å². The van der Waals surface area contributed by atoms with E-state index in [1.807, 2.05) is 6.92 Å². The summed E-state index contributed by atoms with van der Waals surface area (Å²) in [5, 5.41) is 3.68. The van der Waals surface area contributed by atoms with Crippen LogP contribution in [-0.2, 0) is 20.9 Å². The number of hydrogen-bond donors (Lipinski definition) is 1. The van der Waals surface area contributed by atoms with E-state index in [1.165, 1.54) is 0 Å². The summed E-state index contributed by atoms with van der Waals surface area (Å²) in [6.07, 6.45) is 3.49. The van der Waals surface area contributed by atoms with Gasteiger partial charge in [-0.2, -0.15) is 0 Å². The van der Waals surface area contributed by atoms with Crippen molar-refractivity contribution in [1.82, 2.24) is 15.1 Å². The maximum Gasteiger partial charge on any atom is 0.327 e. The van der Waals surface area contributed by atoms with E-state index in [0.717, 1.165) is 30.6 Å². The van der Waals surface area contributed by atoms with Gasteiger partial charge in [0, 0.05) is 35.8 Å². The molecule has 2 unspecified atom stereocenters. The lowest BCUT2D eigenvalue weighted by molar-refractivity contribution is -0.143. The van der Waals surface area contributed by atoms with E-state index in [-0.39, 0.29) is 31.0 Å². The Bertz CT molecular complexity index is 804. The normalized spacial score (nSPS) is 21.6. The molecule has 0 radical (unpaired) electrons. The zero-order chi connectivity index (χ0) is 21.7. The first-order chi connectivity index (χ1) is 14.4. The Kier molecular flexibility index (Phi) is 7.97. The number of nitrogens with one attached hydrogen (secondary N) is 1. The van der Waals surface area contributed by atoms with Crippen molar-refractivity contribution < 1.29 is 19.1 Å². The van der Waals surface area contributed by atoms with Crippen LogP contribution in [0.25, 0.3) is 0 Å². The second-order valence-electron chi connectivity index (χ2n) is 7.57. The number of halogens is 2. The first kappa shape index (κ1) is 22.8. The molecule has 1 aliphatic carbocycles. The van der Waals surface area contributed by atoms with Gasteiger partial charge in [-0.15, -0.1) is 0 Å². The number of ether oxygens (including phenoxy) is 1. The van der Waals surface area contributed by atoms with Crippen molar-refractivity contribution in [3.63, 3.8) is 0 Å². The third kappa shape index (κ3) is 5.25. The van der Waals surface area contributed by atoms with Crippen LogP contribution in [0.3, 0.4) is 0 Å². The zero-order valence-electron chi connectivity index (χ0n) is 17.0. The van der Waals surface area contributed by atoms with Gasteiger partial charge in [0.1, 0.15) is 6.54 Å². The topological polar surface area (TPSA) is 79.0 Å². The first-order valence-corrected chi connectivity index (χ1v) is 11.1. The molecule has 1 heterocycles. The lowest BCUT2D eigenvalue weighted by Gasteiger charge is -2.46. The molecule has 164 valence electrons. The summed E-state index contributed by atoms with van der Waals surface area (Å²) >= 11 is 12.0. The van der Waals surface area contributed by atoms with Gasteiger partial charge < -0.3 is 15.0 Å². The molecule has 1 aromatic rings. The number of rotatable bonds is 8. The maximum atomic E-state index is 13.0. The number of imide groups is 1. The molecule has 2 atom stereocenters. The highest BCUT2D eigenvalue weighted by molar-refractivity contribution is 6.35. The van der Waals surface area contributed by atoms with Crippen LogP contribution in [0.15, 0.2) is 18.2 Å². The van der Waals surface area contributed by atoms with Crippen molar-refractivity contribution in [2.75, 3.05) is 26.3 Å². The van der Waals surface area contributed by atoms with E-state index in [2.05, 4.69) is 5.32 Å². The molecule has 30 heavy (non-hydrogen) atoms. The smallest absolute Gasteiger partial charge is 0.327 e. The van der Waals surface area contributed by atoms with Gasteiger partial charge >= 0.3 is 6.03 Å². The molecule has 1 N–H and O–H groups in total. The van der Waals surface area contributed by atoms with E-state index in [0.29, 0.717) is 35.4 Å². The molecule has 4 amide bonds. The van der Waals surface area contributed by atoms with Crippen LogP contribution in [0.2, 0.25) is 10.0 Å². The molecule has 0 spiro atoms. The summed E-state index contributed by atoms with van der Waals surface area (Å²) in [7, 11) is 0. The second-order valence-corrected chi connectivity index (χ2v) is 8.41. The molecular formula is C21H27Cl2N3O4. The van der Waals surface area contributed by atoms with Crippen LogP contribution >= 0.6 is 23.2 Å². The number of amides is 4. The van der Waals surface area contributed by atoms with Crippen molar-refractivity contribution in [3.05, 3.63) is 33.8 Å². The van der Waals surface area contributed by atoms with E-state index in [1.54, 1.807) is 23.1 Å². The van der Waals surface area contributed by atoms with Gasteiger partial charge in [0.25, 0.3) is 0 Å². The molecule has 0 aromatic heterocycles. The molecule has 9 heteroatoms. The van der Waals surface area contributed by atoms with Crippen LogP contribution in [0.5, 0.6) is 0 Å². The maximum absolute atomic E-state index is 13.0. The van der Waals surface area contributed by atoms with Crippen LogP contribution in [-0.4, -0.2) is 60.0 Å². The van der Waals surface area contributed by atoms with Gasteiger partial charge in [-0.25, -0.2) is 4.79 Å². The predicted molar refractivity (Wildman–Crippen MR) is 114 cm³/mol. The Balaban J connectivity index is 1.66. The number of fused-ring (bicyclic) bond motifs is 1. The highest BCUT2D eigenvalue weighted by Gasteiger charge is 2.47. The lowest BCUT2D eigenvalue weighted by atomic mass is 9.81. The Labute approximate surface area is 186 Å². The highest BCUT2D eigenvalue weighted by atomic mass is 35.5. The van der Waals surface area contributed by atoms with E-state index < -0.39 is 11.9 Å². The summed E-state index contributed by atoms with van der Waals surface area (Å²) in [5.41, 5.74) is 0.705. The van der Waals surface area contributed by atoms with Gasteiger partial charge in [0.15, 0.2) is 0 Å². The minimum atomic E-state index is -0.415. The van der Waals surface area contributed by atoms with E-state index in [4.69, 9.17) is 27.9 Å². The minimum Gasteiger partial charge on any atom is -0.380 e. The van der Waals surface area contributed by atoms with Crippen molar-refractivity contribution in [1.29, 1.82) is 0 Å². The molecule has 2 aliphatic rings. The molecule has 0 bridgehead atoms. The number of hydrogen-bond acceptors (Lipinski definition) is 4. The van der Waals surface area contributed by atoms with Crippen LogP contribution < -0.4 is 5.32 Å². The quantitative estimate of drug-likeness (QED) is 0.608. The fourth-order valence-corrected chi connectivity index (χ4v) is 4.61. The van der Waals surface area contributed by atoms with Crippen LogP contribution in [0.4, 0.5) is 4.79 Å². The average molecular weight is 456 g/mol. The molecule has 1 aromatic carbocycles. The van der Waals surface area contributed by atoms with Crippen molar-refractivity contribution >= 4 is 41.0 Å². The van der Waals surface area contributed by atoms with E-state index in [9.17, 15) is 14.4 Å². The number of nitrogens with zero attached hydrogens (tertiary/aromatic N) is 2. The third-order valence-electron chi connectivity index (χ3n) is 5.66. The molecule has 2 fully saturated rings. The fourth-order valence-electron chi connectivity index (χ4n) is 4.14. The van der Waals surface area contributed by atoms with Gasteiger partial charge in [-0.05, 0) is 37.5 Å². The summed E-state index contributed by atoms with van der Waals surface area (Å²) in [4.78, 5) is 41.3. The summed E-state index contributed by atoms with van der Waals surface area (Å²) in [6.45, 7) is 3.17. The van der Waals surface area contributed by atoms with Crippen LogP contribution in [0, 0.1) is 5.92 Å². The average Bonchev–Trinajstić information content (AvgIpc) is 2.73.